The van der Waals surface area contributed by atoms with Crippen LogP contribution in [0.5, 0.6) is 0 Å². The van der Waals surface area contributed by atoms with Crippen molar-refractivity contribution in [2.75, 3.05) is 6.61 Å². The Balaban J connectivity index is 2.74. The van der Waals surface area contributed by atoms with Crippen molar-refractivity contribution >= 4 is 11.8 Å². The molecule has 0 aliphatic heterocycles. The lowest BCUT2D eigenvalue weighted by Crippen LogP contribution is -2.32. The third-order valence-electron chi connectivity index (χ3n) is 3.53. The van der Waals surface area contributed by atoms with Gasteiger partial charge in [0.25, 0.3) is 0 Å². The smallest absolute Gasteiger partial charge is 0.313 e. The van der Waals surface area contributed by atoms with Crippen molar-refractivity contribution in [3.05, 3.63) is 11.6 Å². The molecule has 0 spiro atoms. The number of ketones is 1. The number of carbonyl (C=O) groups excluding carboxylic acids is 2. The number of esters is 1. The van der Waals surface area contributed by atoms with E-state index in [2.05, 4.69) is 6.92 Å². The molecule has 1 rings (SSSR count). The summed E-state index contributed by atoms with van der Waals surface area (Å²) in [5.74, 6) is -0.0950. The Morgan fingerprint density at radius 3 is 2.72 bits per heavy atom. The maximum atomic E-state index is 12.0. The van der Waals surface area contributed by atoms with Crippen LogP contribution in [0.2, 0.25) is 0 Å². The minimum atomic E-state index is -0.209. The molecule has 3 nitrogen and oxygen atoms in total. The van der Waals surface area contributed by atoms with Gasteiger partial charge in [0.2, 0.25) is 0 Å². The normalized spacial score (nSPS) is 23.7. The molecule has 0 aromatic rings. The van der Waals surface area contributed by atoms with Gasteiger partial charge in [-0.25, -0.2) is 0 Å². The van der Waals surface area contributed by atoms with Gasteiger partial charge in [-0.05, 0) is 32.3 Å². The van der Waals surface area contributed by atoms with Gasteiger partial charge in [0.15, 0.2) is 5.78 Å². The summed E-state index contributed by atoms with van der Waals surface area (Å²) in [6.45, 7) is 6.24. The fourth-order valence-electron chi connectivity index (χ4n) is 2.69. The second-order valence-electron chi connectivity index (χ2n) is 5.04. The van der Waals surface area contributed by atoms with E-state index in [0.29, 0.717) is 13.0 Å². The third kappa shape index (κ3) is 3.97. The quantitative estimate of drug-likeness (QED) is 0.538. The molecule has 0 fully saturated rings. The van der Waals surface area contributed by atoms with Gasteiger partial charge in [-0.2, -0.15) is 0 Å². The van der Waals surface area contributed by atoms with Crippen LogP contribution in [-0.2, 0) is 14.3 Å². The number of carbonyl (C=O) groups is 2. The topological polar surface area (TPSA) is 43.4 Å². The number of rotatable bonds is 6. The molecule has 102 valence electrons. The summed E-state index contributed by atoms with van der Waals surface area (Å²) in [6, 6.07) is 0. The van der Waals surface area contributed by atoms with Crippen molar-refractivity contribution in [2.24, 2.45) is 11.8 Å². The Morgan fingerprint density at radius 2 is 2.11 bits per heavy atom. The molecule has 0 aromatic heterocycles. The lowest BCUT2D eigenvalue weighted by Gasteiger charge is -2.29. The van der Waals surface area contributed by atoms with Crippen LogP contribution < -0.4 is 0 Å². The Kier molecular flexibility index (Phi) is 6.10. The van der Waals surface area contributed by atoms with Crippen LogP contribution in [0.3, 0.4) is 0 Å². The summed E-state index contributed by atoms with van der Waals surface area (Å²) in [6.07, 6.45) is 6.43. The maximum Gasteiger partial charge on any atom is 0.313 e. The summed E-state index contributed by atoms with van der Waals surface area (Å²) < 4.78 is 5.13. The van der Waals surface area contributed by atoms with Crippen molar-refractivity contribution in [1.82, 2.24) is 0 Å². The number of hydrogen-bond acceptors (Lipinski definition) is 3. The van der Waals surface area contributed by atoms with E-state index < -0.39 is 0 Å². The molecular formula is C15H24O3. The Hall–Kier alpha value is -1.12. The van der Waals surface area contributed by atoms with E-state index in [4.69, 9.17) is 4.74 Å². The zero-order valence-electron chi connectivity index (χ0n) is 11.7. The zero-order valence-corrected chi connectivity index (χ0v) is 11.7. The summed E-state index contributed by atoms with van der Waals surface area (Å²) in [5.41, 5.74) is 0.867. The first-order valence-corrected chi connectivity index (χ1v) is 6.97. The van der Waals surface area contributed by atoms with E-state index in [-0.39, 0.29) is 23.6 Å². The molecule has 0 unspecified atom stereocenters. The lowest BCUT2D eigenvalue weighted by atomic mass is 9.76. The number of ether oxygens (including phenoxy) is 1. The van der Waals surface area contributed by atoms with Crippen LogP contribution in [0.1, 0.15) is 52.9 Å². The predicted molar refractivity (Wildman–Crippen MR) is 71.1 cm³/mol. The fraction of sp³-hybridized carbons (Fsp3) is 0.733. The predicted octanol–water partition coefficient (Wildman–Crippen LogP) is 3.28. The van der Waals surface area contributed by atoms with Gasteiger partial charge in [-0.15, -0.1) is 0 Å². The van der Waals surface area contributed by atoms with Crippen LogP contribution in [-0.4, -0.2) is 18.4 Å². The van der Waals surface area contributed by atoms with Gasteiger partial charge in [-0.1, -0.05) is 31.8 Å². The molecule has 0 aromatic carbocycles. The fourth-order valence-corrected chi connectivity index (χ4v) is 2.69. The second kappa shape index (κ2) is 7.34. The molecule has 0 N–H and O–H groups in total. The van der Waals surface area contributed by atoms with Crippen LogP contribution in [0.15, 0.2) is 11.6 Å². The molecule has 2 atom stereocenters. The highest BCUT2D eigenvalue weighted by molar-refractivity contribution is 5.94. The third-order valence-corrected chi connectivity index (χ3v) is 3.53. The molecule has 18 heavy (non-hydrogen) atoms. The van der Waals surface area contributed by atoms with Gasteiger partial charge in [0.05, 0.1) is 12.5 Å². The van der Waals surface area contributed by atoms with Crippen LogP contribution in [0.25, 0.3) is 0 Å². The molecule has 1 aliphatic rings. The molecule has 0 saturated heterocycles. The van der Waals surface area contributed by atoms with E-state index in [1.54, 1.807) is 6.08 Å². The van der Waals surface area contributed by atoms with E-state index >= 15 is 0 Å². The molecule has 1 aliphatic carbocycles. The van der Waals surface area contributed by atoms with Gasteiger partial charge in [-0.3, -0.25) is 9.59 Å². The van der Waals surface area contributed by atoms with E-state index in [9.17, 15) is 9.59 Å². The number of hydrogen-bond donors (Lipinski definition) is 0. The lowest BCUT2D eigenvalue weighted by molar-refractivity contribution is -0.149. The highest BCUT2D eigenvalue weighted by atomic mass is 16.5. The summed E-state index contributed by atoms with van der Waals surface area (Å²) in [5, 5.41) is 0. The molecule has 0 amide bonds. The van der Waals surface area contributed by atoms with Crippen molar-refractivity contribution in [3.63, 3.8) is 0 Å². The van der Waals surface area contributed by atoms with Crippen molar-refractivity contribution in [3.8, 4) is 0 Å². The first-order chi connectivity index (χ1) is 8.60. The van der Waals surface area contributed by atoms with Crippen molar-refractivity contribution in [1.29, 1.82) is 0 Å². The first-order valence-electron chi connectivity index (χ1n) is 6.97. The van der Waals surface area contributed by atoms with E-state index in [1.165, 1.54) is 0 Å². The van der Waals surface area contributed by atoms with Gasteiger partial charge >= 0.3 is 5.97 Å². The Morgan fingerprint density at radius 1 is 1.39 bits per heavy atom. The number of allylic oxidation sites excluding steroid dienone is 1. The molecule has 3 heteroatoms. The molecule has 0 heterocycles. The summed E-state index contributed by atoms with van der Waals surface area (Å²) in [7, 11) is 0. The van der Waals surface area contributed by atoms with Gasteiger partial charge in [0, 0.05) is 6.42 Å². The SMILES string of the molecule is CCCCC[C@@H]1CC(=O)C=C(C)[C@H]1C(=O)OCC. The highest BCUT2D eigenvalue weighted by Gasteiger charge is 2.35. The molecule has 0 radical (unpaired) electrons. The Labute approximate surface area is 110 Å². The summed E-state index contributed by atoms with van der Waals surface area (Å²) >= 11 is 0. The zero-order chi connectivity index (χ0) is 13.5. The molecular weight excluding hydrogens is 228 g/mol. The van der Waals surface area contributed by atoms with Crippen LogP contribution in [0, 0.1) is 11.8 Å². The average Bonchev–Trinajstić information content (AvgIpc) is 2.28. The maximum absolute atomic E-state index is 12.0. The molecule has 0 saturated carbocycles. The first kappa shape index (κ1) is 14.9. The van der Waals surface area contributed by atoms with E-state index in [1.807, 2.05) is 13.8 Å². The van der Waals surface area contributed by atoms with Crippen molar-refractivity contribution in [2.45, 2.75) is 52.9 Å². The second-order valence-corrected chi connectivity index (χ2v) is 5.04. The largest absolute Gasteiger partial charge is 0.466 e. The minimum absolute atomic E-state index is 0.132. The standard InChI is InChI=1S/C15H24O3/c1-4-6-7-8-12-10-13(16)9-11(3)14(12)15(17)18-5-2/h9,12,14H,4-8,10H2,1-3H3/t12-,14-/m1/s1. The minimum Gasteiger partial charge on any atom is -0.466 e. The monoisotopic (exact) mass is 252 g/mol. The average molecular weight is 252 g/mol. The highest BCUT2D eigenvalue weighted by Crippen LogP contribution is 2.33. The van der Waals surface area contributed by atoms with Crippen LogP contribution in [0.4, 0.5) is 0 Å². The van der Waals surface area contributed by atoms with E-state index in [0.717, 1.165) is 31.3 Å². The Bertz CT molecular complexity index is 331. The van der Waals surface area contributed by atoms with Gasteiger partial charge in [0.1, 0.15) is 0 Å². The van der Waals surface area contributed by atoms with Gasteiger partial charge < -0.3 is 4.74 Å². The van der Waals surface area contributed by atoms with Crippen LogP contribution >= 0.6 is 0 Å². The summed E-state index contributed by atoms with van der Waals surface area (Å²) in [4.78, 5) is 23.6. The van der Waals surface area contributed by atoms with Crippen molar-refractivity contribution < 1.29 is 14.3 Å². The number of unbranched alkanes of at least 4 members (excludes halogenated alkanes) is 2. The molecule has 0 bridgehead atoms.